The molecule has 3 aromatic rings. The van der Waals surface area contributed by atoms with Crippen LogP contribution in [0.4, 0.5) is 4.79 Å². The van der Waals surface area contributed by atoms with Gasteiger partial charge in [-0.2, -0.15) is 0 Å². The van der Waals surface area contributed by atoms with Gasteiger partial charge in [0.15, 0.2) is 0 Å². The molecular formula is C16H17N5O5S. The number of carbonyl (C=O) groups is 1. The monoisotopic (exact) mass is 391 g/mol. The molecule has 2 aromatic heterocycles. The van der Waals surface area contributed by atoms with Gasteiger partial charge in [-0.15, -0.1) is 5.10 Å². The van der Waals surface area contributed by atoms with E-state index in [0.717, 1.165) is 4.85 Å². The van der Waals surface area contributed by atoms with Crippen molar-refractivity contribution < 1.29 is 22.8 Å². The third-order valence-corrected chi connectivity index (χ3v) is 5.18. The molecule has 0 unspecified atom stereocenters. The molecule has 0 aliphatic rings. The second-order valence-electron chi connectivity index (χ2n) is 5.38. The molecule has 3 rings (SSSR count). The van der Waals surface area contributed by atoms with Crippen LogP contribution in [-0.2, 0) is 21.2 Å². The Morgan fingerprint density at radius 1 is 1.26 bits per heavy atom. The Morgan fingerprint density at radius 3 is 2.89 bits per heavy atom. The molecule has 2 heterocycles. The molecule has 0 fully saturated rings. The first-order valence-electron chi connectivity index (χ1n) is 8.09. The van der Waals surface area contributed by atoms with Crippen molar-refractivity contribution in [2.45, 2.75) is 18.2 Å². The number of fused-ring (bicyclic) bond motifs is 1. The molecule has 1 aromatic carbocycles. The van der Waals surface area contributed by atoms with Gasteiger partial charge in [0.05, 0.1) is 6.61 Å². The number of carbonyl (C=O) groups excluding carboxylic acids is 1. The van der Waals surface area contributed by atoms with Gasteiger partial charge in [-0.3, -0.25) is 9.82 Å². The number of para-hydroxylation sites is 1. The van der Waals surface area contributed by atoms with Gasteiger partial charge >= 0.3 is 6.16 Å². The zero-order valence-electron chi connectivity index (χ0n) is 14.4. The van der Waals surface area contributed by atoms with Gasteiger partial charge in [0.25, 0.3) is 0 Å². The van der Waals surface area contributed by atoms with Crippen molar-refractivity contribution in [3.63, 3.8) is 0 Å². The predicted octanol–water partition coefficient (Wildman–Crippen LogP) is 0.932. The molecule has 1 N–H and O–H groups in total. The first kappa shape index (κ1) is 18.7. The maximum absolute atomic E-state index is 12.2. The van der Waals surface area contributed by atoms with Crippen LogP contribution >= 0.6 is 0 Å². The molecular weight excluding hydrogens is 374 g/mol. The minimum atomic E-state index is -3.66. The highest BCUT2D eigenvalue weighted by Crippen LogP contribution is 2.14. The van der Waals surface area contributed by atoms with E-state index in [4.69, 9.17) is 9.57 Å². The van der Waals surface area contributed by atoms with Crippen LogP contribution in [0.5, 0.6) is 0 Å². The third-order valence-electron chi connectivity index (χ3n) is 3.57. The van der Waals surface area contributed by atoms with Crippen molar-refractivity contribution in [3.05, 3.63) is 48.3 Å². The Hall–Kier alpha value is -3.05. The number of nitrogens with one attached hydrogen (secondary N) is 1. The maximum atomic E-state index is 12.2. The van der Waals surface area contributed by atoms with Gasteiger partial charge in [0, 0.05) is 25.4 Å². The molecule has 10 nitrogen and oxygen atoms in total. The molecule has 0 aliphatic carbocycles. The molecule has 0 atom stereocenters. The molecule has 0 bridgehead atoms. The summed E-state index contributed by atoms with van der Waals surface area (Å²) in [5.41, 5.74) is 1.56. The summed E-state index contributed by atoms with van der Waals surface area (Å²) in [6.45, 7) is 1.86. The van der Waals surface area contributed by atoms with Crippen LogP contribution < -0.4 is 9.56 Å². The van der Waals surface area contributed by atoms with E-state index in [1.54, 1.807) is 37.3 Å². The average molecular weight is 391 g/mol. The number of pyridine rings is 1. The van der Waals surface area contributed by atoms with Crippen LogP contribution in [0.1, 0.15) is 12.5 Å². The second-order valence-corrected chi connectivity index (χ2v) is 7.11. The van der Waals surface area contributed by atoms with Crippen molar-refractivity contribution in [2.24, 2.45) is 0 Å². The van der Waals surface area contributed by atoms with Crippen LogP contribution in [-0.4, -0.2) is 47.9 Å². The van der Waals surface area contributed by atoms with Crippen LogP contribution in [0.15, 0.2) is 47.6 Å². The number of hydrogen-bond acceptors (Lipinski definition) is 8. The summed E-state index contributed by atoms with van der Waals surface area (Å²) in [4.78, 5) is 21.7. The average Bonchev–Trinajstić information content (AvgIpc) is 3.05. The quantitative estimate of drug-likeness (QED) is 0.466. The molecule has 11 heteroatoms. The first-order chi connectivity index (χ1) is 13.0. The summed E-state index contributed by atoms with van der Waals surface area (Å²) < 4.78 is 31.8. The summed E-state index contributed by atoms with van der Waals surface area (Å²) in [6.07, 6.45) is 1.93. The Balaban J connectivity index is 1.61. The molecule has 0 radical (unpaired) electrons. The second kappa shape index (κ2) is 8.10. The van der Waals surface area contributed by atoms with Gasteiger partial charge in [-0.25, -0.2) is 17.9 Å². The largest absolute Gasteiger partial charge is 0.535 e. The fraction of sp³-hybridized carbons (Fsp3) is 0.250. The minimum absolute atomic E-state index is 0.0473. The lowest BCUT2D eigenvalue weighted by Gasteiger charge is -2.10. The number of sulfonamides is 1. The van der Waals surface area contributed by atoms with Crippen molar-refractivity contribution >= 4 is 27.2 Å². The first-order valence-corrected chi connectivity index (χ1v) is 9.57. The summed E-state index contributed by atoms with van der Waals surface area (Å²) in [5, 5.41) is 7.57. The van der Waals surface area contributed by atoms with E-state index in [2.05, 4.69) is 20.0 Å². The van der Waals surface area contributed by atoms with Crippen LogP contribution in [0.3, 0.4) is 0 Å². The molecule has 142 valence electrons. The van der Waals surface area contributed by atoms with E-state index >= 15 is 0 Å². The fourth-order valence-corrected chi connectivity index (χ4v) is 3.63. The summed E-state index contributed by atoms with van der Waals surface area (Å²) >= 11 is 0. The lowest BCUT2D eigenvalue weighted by Crippen LogP contribution is -2.25. The lowest BCUT2D eigenvalue weighted by atomic mass is 10.2. The van der Waals surface area contributed by atoms with E-state index in [9.17, 15) is 13.2 Å². The zero-order valence-corrected chi connectivity index (χ0v) is 15.2. The molecule has 27 heavy (non-hydrogen) atoms. The summed E-state index contributed by atoms with van der Waals surface area (Å²) in [7, 11) is -3.66. The highest BCUT2D eigenvalue weighted by Gasteiger charge is 2.18. The molecule has 0 aliphatic heterocycles. The highest BCUT2D eigenvalue weighted by molar-refractivity contribution is 7.89. The van der Waals surface area contributed by atoms with Gasteiger partial charge in [-0.05, 0) is 29.0 Å². The van der Waals surface area contributed by atoms with Crippen molar-refractivity contribution in [2.75, 3.05) is 13.2 Å². The Morgan fingerprint density at radius 2 is 2.07 bits per heavy atom. The van der Waals surface area contributed by atoms with E-state index in [0.29, 0.717) is 16.6 Å². The normalized spacial score (nSPS) is 11.4. The van der Waals surface area contributed by atoms with E-state index in [-0.39, 0.29) is 24.5 Å². The topological polar surface area (TPSA) is 125 Å². The summed E-state index contributed by atoms with van der Waals surface area (Å²) in [5.74, 6) is 0. The van der Waals surface area contributed by atoms with Gasteiger partial charge in [-0.1, -0.05) is 23.9 Å². The van der Waals surface area contributed by atoms with Crippen LogP contribution in [0.2, 0.25) is 0 Å². The minimum Gasteiger partial charge on any atom is -0.432 e. The molecule has 0 spiro atoms. The Labute approximate surface area is 155 Å². The van der Waals surface area contributed by atoms with Gasteiger partial charge < -0.3 is 4.74 Å². The standard InChI is InChI=1S/C16H17N5O5S/c1-2-18-27(23,24)15-11-17-9-7-12(15)8-10-25-16(22)26-21-14-6-4-3-5-13(14)19-20-21/h3-7,9,11,18H,2,8,10H2,1H3. The third kappa shape index (κ3) is 4.38. The van der Waals surface area contributed by atoms with Gasteiger partial charge in [0.1, 0.15) is 15.9 Å². The fourth-order valence-electron chi connectivity index (χ4n) is 2.38. The number of rotatable bonds is 7. The predicted molar refractivity (Wildman–Crippen MR) is 94.3 cm³/mol. The van der Waals surface area contributed by atoms with Crippen LogP contribution in [0.25, 0.3) is 11.0 Å². The zero-order chi connectivity index (χ0) is 19.3. The molecule has 0 saturated carbocycles. The Kier molecular flexibility index (Phi) is 5.62. The van der Waals surface area contributed by atoms with Crippen LogP contribution in [0, 0.1) is 0 Å². The van der Waals surface area contributed by atoms with E-state index in [1.807, 2.05) is 0 Å². The Bertz CT molecular complexity index is 1050. The maximum Gasteiger partial charge on any atom is 0.535 e. The van der Waals surface area contributed by atoms with E-state index < -0.39 is 16.2 Å². The number of benzene rings is 1. The molecule has 0 saturated heterocycles. The smallest absolute Gasteiger partial charge is 0.432 e. The summed E-state index contributed by atoms with van der Waals surface area (Å²) in [6, 6.07) is 8.52. The SMILES string of the molecule is CCNS(=O)(=O)c1cnccc1CCOC(=O)On1nnc2ccccc21. The lowest BCUT2D eigenvalue weighted by molar-refractivity contribution is 0.0401. The highest BCUT2D eigenvalue weighted by atomic mass is 32.2. The van der Waals surface area contributed by atoms with Crippen molar-refractivity contribution in [3.8, 4) is 0 Å². The van der Waals surface area contributed by atoms with Gasteiger partial charge in [0.2, 0.25) is 10.0 Å². The number of ether oxygens (including phenoxy) is 1. The number of nitrogens with zero attached hydrogens (tertiary/aromatic N) is 4. The molecule has 0 amide bonds. The number of aromatic nitrogens is 4. The number of hydrogen-bond donors (Lipinski definition) is 1. The van der Waals surface area contributed by atoms with Crippen molar-refractivity contribution in [1.29, 1.82) is 0 Å². The van der Waals surface area contributed by atoms with E-state index in [1.165, 1.54) is 12.4 Å². The van der Waals surface area contributed by atoms with Crippen molar-refractivity contribution in [1.82, 2.24) is 24.9 Å².